The molecule has 10 heteroatoms. The number of aromatic nitrogens is 6. The van der Waals surface area contributed by atoms with Gasteiger partial charge in [-0.15, -0.1) is 5.10 Å². The maximum atomic E-state index is 13.9. The summed E-state index contributed by atoms with van der Waals surface area (Å²) in [5.74, 6) is 0.661. The Labute approximate surface area is 189 Å². The number of fused-ring (bicyclic) bond motifs is 1. The highest BCUT2D eigenvalue weighted by atomic mass is 32.2. The Morgan fingerprint density at radius 1 is 1.28 bits per heavy atom. The number of hydrogen-bond acceptors (Lipinski definition) is 6. The van der Waals surface area contributed by atoms with Gasteiger partial charge < -0.3 is 9.88 Å². The Morgan fingerprint density at radius 2 is 2.09 bits per heavy atom. The second-order valence-corrected chi connectivity index (χ2v) is 8.30. The van der Waals surface area contributed by atoms with Gasteiger partial charge in [-0.25, -0.2) is 18.9 Å². The van der Waals surface area contributed by atoms with E-state index >= 15 is 0 Å². The Kier molecular flexibility index (Phi) is 6.22. The fourth-order valence-corrected chi connectivity index (χ4v) is 4.08. The van der Waals surface area contributed by atoms with Crippen LogP contribution in [0.4, 0.5) is 4.39 Å². The second-order valence-electron chi connectivity index (χ2n) is 7.52. The molecular weight excluding hydrogens is 429 g/mol. The number of halogens is 1. The molecular formula is C22H24FN7OS. The van der Waals surface area contributed by atoms with E-state index in [1.165, 1.54) is 23.9 Å². The van der Waals surface area contributed by atoms with Crippen molar-refractivity contribution in [1.82, 2.24) is 34.4 Å². The topological polar surface area (TPSA) is 90.0 Å². The number of aryl methyl sites for hydroxylation is 3. The van der Waals surface area contributed by atoms with E-state index in [-0.39, 0.29) is 18.1 Å². The van der Waals surface area contributed by atoms with Crippen molar-refractivity contribution in [1.29, 1.82) is 0 Å². The molecule has 0 radical (unpaired) electrons. The SMILES string of the molecule is CSc1nc2nc(C)c(CCC(=O)NC(c3cccc(F)c3)c3nccn3C)c(C)n2n1. The van der Waals surface area contributed by atoms with Crippen molar-refractivity contribution in [3.8, 4) is 0 Å². The van der Waals surface area contributed by atoms with Gasteiger partial charge in [-0.1, -0.05) is 23.9 Å². The van der Waals surface area contributed by atoms with E-state index in [2.05, 4.69) is 25.4 Å². The Hall–Kier alpha value is -3.27. The standard InChI is InChI=1S/C22H24FN7OS/c1-13-17(14(2)30-21(25-13)27-22(28-30)32-4)8-9-18(31)26-19(20-24-10-11-29(20)3)15-6-5-7-16(23)12-15/h5-7,10-12,19H,8-9H2,1-4H3,(H,26,31). The summed E-state index contributed by atoms with van der Waals surface area (Å²) in [5, 5.41) is 8.13. The van der Waals surface area contributed by atoms with Gasteiger partial charge in [0.15, 0.2) is 0 Å². The van der Waals surface area contributed by atoms with Crippen molar-refractivity contribution in [2.75, 3.05) is 6.26 Å². The molecule has 1 aromatic carbocycles. The summed E-state index contributed by atoms with van der Waals surface area (Å²) in [4.78, 5) is 26.2. The first-order valence-corrected chi connectivity index (χ1v) is 11.4. The van der Waals surface area contributed by atoms with Crippen molar-refractivity contribution < 1.29 is 9.18 Å². The Morgan fingerprint density at radius 3 is 2.78 bits per heavy atom. The third-order valence-corrected chi connectivity index (χ3v) is 5.96. The van der Waals surface area contributed by atoms with Gasteiger partial charge in [0.1, 0.15) is 17.7 Å². The number of carbonyl (C=O) groups is 1. The van der Waals surface area contributed by atoms with Crippen LogP contribution in [0, 0.1) is 19.7 Å². The van der Waals surface area contributed by atoms with Crippen molar-refractivity contribution in [3.05, 3.63) is 70.8 Å². The lowest BCUT2D eigenvalue weighted by Gasteiger charge is -2.19. The summed E-state index contributed by atoms with van der Waals surface area (Å²) < 4.78 is 17.4. The highest BCUT2D eigenvalue weighted by Crippen LogP contribution is 2.22. The zero-order valence-electron chi connectivity index (χ0n) is 18.3. The summed E-state index contributed by atoms with van der Waals surface area (Å²) in [6.45, 7) is 3.87. The number of hydrogen-bond donors (Lipinski definition) is 1. The fourth-order valence-electron chi connectivity index (χ4n) is 3.75. The maximum absolute atomic E-state index is 13.9. The predicted octanol–water partition coefficient (Wildman–Crippen LogP) is 3.17. The smallest absolute Gasteiger partial charge is 0.253 e. The number of carbonyl (C=O) groups excluding carboxylic acids is 1. The molecule has 166 valence electrons. The third-order valence-electron chi connectivity index (χ3n) is 5.42. The highest BCUT2D eigenvalue weighted by molar-refractivity contribution is 7.98. The van der Waals surface area contributed by atoms with Gasteiger partial charge in [-0.3, -0.25) is 4.79 Å². The maximum Gasteiger partial charge on any atom is 0.253 e. The molecule has 8 nitrogen and oxygen atoms in total. The molecule has 1 atom stereocenters. The molecule has 1 amide bonds. The van der Waals surface area contributed by atoms with Crippen molar-refractivity contribution in [2.45, 2.75) is 37.9 Å². The van der Waals surface area contributed by atoms with Gasteiger partial charge in [0, 0.05) is 37.3 Å². The van der Waals surface area contributed by atoms with Crippen LogP contribution in [-0.2, 0) is 18.3 Å². The van der Waals surface area contributed by atoms with Crippen molar-refractivity contribution >= 4 is 23.4 Å². The molecule has 1 unspecified atom stereocenters. The number of imidazole rings is 1. The van der Waals surface area contributed by atoms with Gasteiger partial charge in [-0.2, -0.15) is 4.98 Å². The van der Waals surface area contributed by atoms with Gasteiger partial charge in [-0.05, 0) is 49.8 Å². The largest absolute Gasteiger partial charge is 0.342 e. The minimum absolute atomic E-state index is 0.162. The molecule has 0 saturated heterocycles. The lowest BCUT2D eigenvalue weighted by Crippen LogP contribution is -2.31. The Bertz CT molecular complexity index is 1280. The molecule has 4 rings (SSSR count). The first-order chi connectivity index (χ1) is 15.4. The average Bonchev–Trinajstić information content (AvgIpc) is 3.37. The van der Waals surface area contributed by atoms with Crippen molar-refractivity contribution in [2.24, 2.45) is 7.05 Å². The second kappa shape index (κ2) is 9.07. The van der Waals surface area contributed by atoms with Crippen LogP contribution in [0.3, 0.4) is 0 Å². The molecule has 4 aromatic rings. The molecule has 0 spiro atoms. The number of amides is 1. The highest BCUT2D eigenvalue weighted by Gasteiger charge is 2.22. The summed E-state index contributed by atoms with van der Waals surface area (Å²) in [6, 6.07) is 5.65. The molecule has 3 aromatic heterocycles. The normalized spacial score (nSPS) is 12.3. The lowest BCUT2D eigenvalue weighted by molar-refractivity contribution is -0.121. The molecule has 0 saturated carbocycles. The molecule has 0 fully saturated rings. The lowest BCUT2D eigenvalue weighted by atomic mass is 10.0. The fraction of sp³-hybridized carbons (Fsp3) is 0.318. The average molecular weight is 454 g/mol. The van der Waals surface area contributed by atoms with Crippen LogP contribution in [-0.4, -0.2) is 41.3 Å². The van der Waals surface area contributed by atoms with Gasteiger partial charge >= 0.3 is 0 Å². The molecule has 0 aliphatic rings. The minimum Gasteiger partial charge on any atom is -0.342 e. The van der Waals surface area contributed by atoms with E-state index in [9.17, 15) is 9.18 Å². The van der Waals surface area contributed by atoms with E-state index in [0.717, 1.165) is 17.0 Å². The first-order valence-electron chi connectivity index (χ1n) is 10.2. The quantitative estimate of drug-likeness (QED) is 0.432. The van der Waals surface area contributed by atoms with Crippen LogP contribution in [0.25, 0.3) is 5.78 Å². The van der Waals surface area contributed by atoms with E-state index in [0.29, 0.717) is 28.7 Å². The predicted molar refractivity (Wildman–Crippen MR) is 120 cm³/mol. The molecule has 0 bridgehead atoms. The summed E-state index contributed by atoms with van der Waals surface area (Å²) in [5.41, 5.74) is 3.34. The minimum atomic E-state index is -0.555. The number of benzene rings is 1. The number of nitrogens with one attached hydrogen (secondary N) is 1. The van der Waals surface area contributed by atoms with Crippen LogP contribution >= 0.6 is 11.8 Å². The molecule has 3 heterocycles. The summed E-state index contributed by atoms with van der Waals surface area (Å²) in [6.07, 6.45) is 6.11. The van der Waals surface area contributed by atoms with Gasteiger partial charge in [0.25, 0.3) is 5.78 Å². The molecule has 0 aliphatic carbocycles. The van der Waals surface area contributed by atoms with Gasteiger partial charge in [0.2, 0.25) is 11.1 Å². The van der Waals surface area contributed by atoms with Crippen molar-refractivity contribution in [3.63, 3.8) is 0 Å². The van der Waals surface area contributed by atoms with E-state index < -0.39 is 6.04 Å². The van der Waals surface area contributed by atoms with Crippen LogP contribution in [0.5, 0.6) is 0 Å². The third kappa shape index (κ3) is 4.36. The first kappa shape index (κ1) is 21.9. The monoisotopic (exact) mass is 453 g/mol. The van der Waals surface area contributed by atoms with Gasteiger partial charge in [0.05, 0.1) is 0 Å². The zero-order valence-corrected chi connectivity index (χ0v) is 19.1. The van der Waals surface area contributed by atoms with Crippen LogP contribution in [0.2, 0.25) is 0 Å². The zero-order chi connectivity index (χ0) is 22.8. The number of nitrogens with zero attached hydrogens (tertiary/aromatic N) is 6. The number of rotatable bonds is 7. The summed E-state index contributed by atoms with van der Waals surface area (Å²) in [7, 11) is 1.84. The number of thioether (sulfide) groups is 1. The molecule has 0 aliphatic heterocycles. The van der Waals surface area contributed by atoms with E-state index in [1.807, 2.05) is 31.7 Å². The van der Waals surface area contributed by atoms with E-state index in [1.54, 1.807) is 29.0 Å². The molecule has 32 heavy (non-hydrogen) atoms. The van der Waals surface area contributed by atoms with Crippen LogP contribution in [0.15, 0.2) is 41.8 Å². The van der Waals surface area contributed by atoms with Crippen LogP contribution in [0.1, 0.15) is 40.8 Å². The van der Waals surface area contributed by atoms with Crippen LogP contribution < -0.4 is 5.32 Å². The summed E-state index contributed by atoms with van der Waals surface area (Å²) >= 11 is 1.46. The Balaban J connectivity index is 1.55. The van der Waals surface area contributed by atoms with E-state index in [4.69, 9.17) is 0 Å². The molecule has 1 N–H and O–H groups in total.